The summed E-state index contributed by atoms with van der Waals surface area (Å²) in [6, 6.07) is 11.2. The van der Waals surface area contributed by atoms with E-state index in [0.717, 1.165) is 19.6 Å². The summed E-state index contributed by atoms with van der Waals surface area (Å²) in [6.07, 6.45) is 4.08. The Morgan fingerprint density at radius 1 is 1.27 bits per heavy atom. The minimum absolute atomic E-state index is 0.0167. The maximum Gasteiger partial charge on any atom is 0.225 e. The molecule has 1 fully saturated rings. The standard InChI is InChI=1S/C20H24N4O2/c1-15(25)16-4-6-18(7-5-16)23-20(26)8-11-24-12-10-22-14-19(24)17-3-2-9-21-13-17/h2-7,9,13,19,22H,8,10-12,14H2,1H3,(H,23,26). The largest absolute Gasteiger partial charge is 0.326 e. The van der Waals surface area contributed by atoms with Crippen LogP contribution < -0.4 is 10.6 Å². The van der Waals surface area contributed by atoms with E-state index in [-0.39, 0.29) is 17.7 Å². The molecule has 1 aliphatic heterocycles. The number of rotatable bonds is 6. The molecule has 26 heavy (non-hydrogen) atoms. The number of benzene rings is 1. The van der Waals surface area contributed by atoms with Crippen molar-refractivity contribution in [3.8, 4) is 0 Å². The second-order valence-electron chi connectivity index (χ2n) is 6.47. The quantitative estimate of drug-likeness (QED) is 0.780. The second kappa shape index (κ2) is 8.69. The van der Waals surface area contributed by atoms with E-state index in [0.29, 0.717) is 24.2 Å². The van der Waals surface area contributed by atoms with Crippen molar-refractivity contribution in [2.45, 2.75) is 19.4 Å². The zero-order chi connectivity index (χ0) is 18.4. The lowest BCUT2D eigenvalue weighted by molar-refractivity contribution is -0.116. The smallest absolute Gasteiger partial charge is 0.225 e. The van der Waals surface area contributed by atoms with Gasteiger partial charge in [0.15, 0.2) is 5.78 Å². The van der Waals surface area contributed by atoms with E-state index in [1.54, 1.807) is 30.5 Å². The van der Waals surface area contributed by atoms with Gasteiger partial charge in [0.1, 0.15) is 0 Å². The van der Waals surface area contributed by atoms with Crippen LogP contribution in [0.25, 0.3) is 0 Å². The zero-order valence-electron chi connectivity index (χ0n) is 14.9. The van der Waals surface area contributed by atoms with Crippen LogP contribution in [0.15, 0.2) is 48.8 Å². The highest BCUT2D eigenvalue weighted by Crippen LogP contribution is 2.21. The van der Waals surface area contributed by atoms with E-state index in [1.807, 2.05) is 12.3 Å². The molecule has 2 heterocycles. The van der Waals surface area contributed by atoms with Crippen LogP contribution in [0.1, 0.15) is 35.3 Å². The minimum Gasteiger partial charge on any atom is -0.326 e. The molecule has 1 amide bonds. The van der Waals surface area contributed by atoms with Gasteiger partial charge in [-0.1, -0.05) is 6.07 Å². The van der Waals surface area contributed by atoms with Gasteiger partial charge in [-0.15, -0.1) is 0 Å². The normalized spacial score (nSPS) is 17.7. The average molecular weight is 352 g/mol. The van der Waals surface area contributed by atoms with Crippen molar-refractivity contribution in [3.05, 3.63) is 59.9 Å². The molecule has 1 unspecified atom stereocenters. The monoisotopic (exact) mass is 352 g/mol. The molecule has 0 radical (unpaired) electrons. The van der Waals surface area contributed by atoms with E-state index in [2.05, 4.69) is 26.6 Å². The van der Waals surface area contributed by atoms with Crippen molar-refractivity contribution < 1.29 is 9.59 Å². The van der Waals surface area contributed by atoms with Gasteiger partial charge in [-0.2, -0.15) is 0 Å². The van der Waals surface area contributed by atoms with E-state index >= 15 is 0 Å². The molecule has 1 atom stereocenters. The van der Waals surface area contributed by atoms with Crippen LogP contribution >= 0.6 is 0 Å². The molecule has 3 rings (SSSR count). The van der Waals surface area contributed by atoms with Gasteiger partial charge in [0.2, 0.25) is 5.91 Å². The molecule has 1 aromatic heterocycles. The fourth-order valence-electron chi connectivity index (χ4n) is 3.17. The summed E-state index contributed by atoms with van der Waals surface area (Å²) in [6.45, 7) is 4.91. The fraction of sp³-hybridized carbons (Fsp3) is 0.350. The number of ketones is 1. The first-order chi connectivity index (χ1) is 12.6. The maximum atomic E-state index is 12.3. The predicted molar refractivity (Wildman–Crippen MR) is 101 cm³/mol. The van der Waals surface area contributed by atoms with Gasteiger partial charge in [-0.25, -0.2) is 0 Å². The van der Waals surface area contributed by atoms with Crippen molar-refractivity contribution in [3.63, 3.8) is 0 Å². The third-order valence-electron chi connectivity index (χ3n) is 4.62. The molecule has 1 aromatic carbocycles. The van der Waals surface area contributed by atoms with E-state index in [4.69, 9.17) is 0 Å². The van der Waals surface area contributed by atoms with Crippen LogP contribution in [0, 0.1) is 0 Å². The number of hydrogen-bond donors (Lipinski definition) is 2. The first kappa shape index (κ1) is 18.2. The number of amides is 1. The van der Waals surface area contributed by atoms with Crippen LogP contribution in [-0.4, -0.2) is 47.8 Å². The summed E-state index contributed by atoms with van der Waals surface area (Å²) in [5.74, 6) is -0.00734. The summed E-state index contributed by atoms with van der Waals surface area (Å²) < 4.78 is 0. The number of piperazine rings is 1. The third kappa shape index (κ3) is 4.74. The Bertz CT molecular complexity index is 746. The van der Waals surface area contributed by atoms with Crippen LogP contribution in [0.4, 0.5) is 5.69 Å². The Kier molecular flexibility index (Phi) is 6.09. The van der Waals surface area contributed by atoms with E-state index < -0.39 is 0 Å². The molecule has 2 aromatic rings. The minimum atomic E-state index is -0.0240. The van der Waals surface area contributed by atoms with Crippen molar-refractivity contribution in [1.29, 1.82) is 0 Å². The molecular formula is C20H24N4O2. The van der Waals surface area contributed by atoms with E-state index in [9.17, 15) is 9.59 Å². The summed E-state index contributed by atoms with van der Waals surface area (Å²) >= 11 is 0. The van der Waals surface area contributed by atoms with Crippen LogP contribution in [0.5, 0.6) is 0 Å². The molecule has 0 spiro atoms. The first-order valence-electron chi connectivity index (χ1n) is 8.89. The lowest BCUT2D eigenvalue weighted by atomic mass is 10.1. The van der Waals surface area contributed by atoms with Gasteiger partial charge in [0, 0.05) is 62.3 Å². The van der Waals surface area contributed by atoms with Crippen LogP contribution in [-0.2, 0) is 4.79 Å². The topological polar surface area (TPSA) is 74.3 Å². The number of carbonyl (C=O) groups excluding carboxylic acids is 2. The fourth-order valence-corrected chi connectivity index (χ4v) is 3.17. The van der Waals surface area contributed by atoms with Gasteiger partial charge in [-0.05, 0) is 42.8 Å². The summed E-state index contributed by atoms with van der Waals surface area (Å²) in [5.41, 5.74) is 2.52. The van der Waals surface area contributed by atoms with Crippen LogP contribution in [0.2, 0.25) is 0 Å². The highest BCUT2D eigenvalue weighted by Gasteiger charge is 2.24. The maximum absolute atomic E-state index is 12.3. The summed E-state index contributed by atoms with van der Waals surface area (Å²) in [5, 5.41) is 6.30. The number of carbonyl (C=O) groups is 2. The molecule has 6 nitrogen and oxygen atoms in total. The van der Waals surface area contributed by atoms with Gasteiger partial charge in [0.25, 0.3) is 0 Å². The molecule has 1 saturated heterocycles. The first-order valence-corrected chi connectivity index (χ1v) is 8.89. The number of pyridine rings is 1. The molecule has 0 saturated carbocycles. The Labute approximate surface area is 153 Å². The highest BCUT2D eigenvalue weighted by atomic mass is 16.1. The van der Waals surface area contributed by atoms with Crippen molar-refractivity contribution >= 4 is 17.4 Å². The number of nitrogens with one attached hydrogen (secondary N) is 2. The van der Waals surface area contributed by atoms with Crippen LogP contribution in [0.3, 0.4) is 0 Å². The highest BCUT2D eigenvalue weighted by molar-refractivity contribution is 5.95. The third-order valence-corrected chi connectivity index (χ3v) is 4.62. The number of nitrogens with zero attached hydrogens (tertiary/aromatic N) is 2. The zero-order valence-corrected chi connectivity index (χ0v) is 14.9. The number of Topliss-reactive ketones (excluding diaryl/α,β-unsaturated/α-hetero) is 1. The Morgan fingerprint density at radius 3 is 2.77 bits per heavy atom. The Balaban J connectivity index is 1.55. The Morgan fingerprint density at radius 2 is 2.08 bits per heavy atom. The molecule has 6 heteroatoms. The molecule has 0 bridgehead atoms. The average Bonchev–Trinajstić information content (AvgIpc) is 2.68. The Hall–Kier alpha value is -2.57. The van der Waals surface area contributed by atoms with Crippen molar-refractivity contribution in [2.75, 3.05) is 31.5 Å². The van der Waals surface area contributed by atoms with Gasteiger partial charge in [0.05, 0.1) is 0 Å². The van der Waals surface area contributed by atoms with Gasteiger partial charge < -0.3 is 10.6 Å². The molecule has 136 valence electrons. The number of hydrogen-bond acceptors (Lipinski definition) is 5. The SMILES string of the molecule is CC(=O)c1ccc(NC(=O)CCN2CCNCC2c2cccnc2)cc1. The van der Waals surface area contributed by atoms with Crippen molar-refractivity contribution in [2.24, 2.45) is 0 Å². The van der Waals surface area contributed by atoms with Crippen molar-refractivity contribution in [1.82, 2.24) is 15.2 Å². The lowest BCUT2D eigenvalue weighted by Gasteiger charge is -2.36. The van der Waals surface area contributed by atoms with Gasteiger partial charge >= 0.3 is 0 Å². The second-order valence-corrected chi connectivity index (χ2v) is 6.47. The molecule has 0 aliphatic carbocycles. The number of aromatic nitrogens is 1. The predicted octanol–water partition coefficient (Wildman–Crippen LogP) is 2.26. The lowest BCUT2D eigenvalue weighted by Crippen LogP contribution is -2.46. The number of anilines is 1. The van der Waals surface area contributed by atoms with Gasteiger partial charge in [-0.3, -0.25) is 19.5 Å². The summed E-state index contributed by atoms with van der Waals surface area (Å²) in [7, 11) is 0. The molecule has 1 aliphatic rings. The molecule has 2 N–H and O–H groups in total. The van der Waals surface area contributed by atoms with E-state index in [1.165, 1.54) is 12.5 Å². The summed E-state index contributed by atoms with van der Waals surface area (Å²) in [4.78, 5) is 30.1. The molecular weight excluding hydrogens is 328 g/mol.